The maximum atomic E-state index is 11.0. The number of aliphatic carboxylic acids is 1. The second kappa shape index (κ2) is 7.27. The summed E-state index contributed by atoms with van der Waals surface area (Å²) in [6.45, 7) is 4.18. The minimum Gasteiger partial charge on any atom is -0.480 e. The number of carbonyl (C=O) groups is 1. The van der Waals surface area contributed by atoms with Crippen molar-refractivity contribution in [3.05, 3.63) is 0 Å². The molecule has 0 aliphatic heterocycles. The molecule has 0 aromatic rings. The lowest BCUT2D eigenvalue weighted by Gasteiger charge is -2.21. The summed E-state index contributed by atoms with van der Waals surface area (Å²) >= 11 is 3.36. The van der Waals surface area contributed by atoms with Crippen molar-refractivity contribution in [2.45, 2.75) is 63.1 Å². The largest absolute Gasteiger partial charge is 0.480 e. The van der Waals surface area contributed by atoms with Gasteiger partial charge >= 0.3 is 5.97 Å². The second-order valence-electron chi connectivity index (χ2n) is 3.83. The Balaban J connectivity index is 3.90. The van der Waals surface area contributed by atoms with Gasteiger partial charge in [0.2, 0.25) is 0 Å². The maximum absolute atomic E-state index is 11.0. The Hall–Kier alpha value is -0.0500. The molecule has 0 aromatic carbocycles. The number of rotatable bonds is 8. The topological polar surface area (TPSA) is 37.3 Å². The van der Waals surface area contributed by atoms with Gasteiger partial charge in [-0.25, -0.2) is 0 Å². The highest BCUT2D eigenvalue weighted by Gasteiger charge is 2.33. The second-order valence-corrected chi connectivity index (χ2v) is 5.35. The van der Waals surface area contributed by atoms with Gasteiger partial charge in [-0.05, 0) is 12.8 Å². The molecule has 0 fully saturated rings. The minimum atomic E-state index is -0.712. The van der Waals surface area contributed by atoms with Crippen LogP contribution < -0.4 is 0 Å². The van der Waals surface area contributed by atoms with Crippen LogP contribution in [0.15, 0.2) is 0 Å². The predicted octanol–water partition coefficient (Wildman–Crippen LogP) is 3.98. The van der Waals surface area contributed by atoms with Crippen LogP contribution in [0.4, 0.5) is 0 Å². The number of alkyl halides is 1. The molecule has 0 saturated heterocycles. The van der Waals surface area contributed by atoms with Gasteiger partial charge < -0.3 is 5.11 Å². The van der Waals surface area contributed by atoms with Crippen molar-refractivity contribution in [1.82, 2.24) is 0 Å². The summed E-state index contributed by atoms with van der Waals surface area (Å²) in [6, 6.07) is 0. The lowest BCUT2D eigenvalue weighted by molar-refractivity contribution is -0.140. The standard InChI is InChI=1S/C11H21BrO2/c1-3-5-6-7-9-11(12,8-4-2)10(13)14/h3-9H2,1-2H3,(H,13,14). The molecule has 0 aromatic heterocycles. The summed E-state index contributed by atoms with van der Waals surface area (Å²) in [5.41, 5.74) is 0. The number of carboxylic acid groups (broad SMARTS) is 1. The Morgan fingerprint density at radius 1 is 1.14 bits per heavy atom. The number of halogens is 1. The fraction of sp³-hybridized carbons (Fsp3) is 0.909. The number of unbranched alkanes of at least 4 members (excludes halogenated alkanes) is 3. The van der Waals surface area contributed by atoms with Gasteiger partial charge in [0.1, 0.15) is 4.32 Å². The maximum Gasteiger partial charge on any atom is 0.320 e. The fourth-order valence-electron chi connectivity index (χ4n) is 1.57. The first kappa shape index (κ1) is 13.9. The number of hydrogen-bond donors (Lipinski definition) is 1. The van der Waals surface area contributed by atoms with Crippen molar-refractivity contribution in [3.8, 4) is 0 Å². The van der Waals surface area contributed by atoms with Crippen molar-refractivity contribution >= 4 is 21.9 Å². The van der Waals surface area contributed by atoms with Crippen molar-refractivity contribution in [2.24, 2.45) is 0 Å². The lowest BCUT2D eigenvalue weighted by Crippen LogP contribution is -2.31. The van der Waals surface area contributed by atoms with E-state index in [1.807, 2.05) is 6.92 Å². The Labute approximate surface area is 95.2 Å². The zero-order valence-electron chi connectivity index (χ0n) is 9.18. The van der Waals surface area contributed by atoms with Crippen LogP contribution in [-0.4, -0.2) is 15.4 Å². The van der Waals surface area contributed by atoms with Gasteiger partial charge in [-0.3, -0.25) is 4.79 Å². The van der Waals surface area contributed by atoms with Crippen molar-refractivity contribution < 1.29 is 9.90 Å². The van der Waals surface area contributed by atoms with Gasteiger partial charge in [0, 0.05) is 0 Å². The molecule has 2 nitrogen and oxygen atoms in total. The van der Waals surface area contributed by atoms with E-state index in [2.05, 4.69) is 22.9 Å². The molecule has 0 saturated carbocycles. The van der Waals surface area contributed by atoms with Crippen LogP contribution in [0.3, 0.4) is 0 Å². The van der Waals surface area contributed by atoms with Crippen LogP contribution in [0.2, 0.25) is 0 Å². The van der Waals surface area contributed by atoms with E-state index in [0.717, 1.165) is 25.7 Å². The molecule has 0 radical (unpaired) electrons. The molecule has 3 heteroatoms. The van der Waals surface area contributed by atoms with Gasteiger partial charge in [-0.2, -0.15) is 0 Å². The molecule has 0 aliphatic rings. The van der Waals surface area contributed by atoms with Crippen LogP contribution in [0.5, 0.6) is 0 Å². The quantitative estimate of drug-likeness (QED) is 0.532. The zero-order chi connectivity index (χ0) is 11.0. The third-order valence-electron chi connectivity index (χ3n) is 2.46. The monoisotopic (exact) mass is 264 g/mol. The van der Waals surface area contributed by atoms with Crippen LogP contribution in [0, 0.1) is 0 Å². The van der Waals surface area contributed by atoms with E-state index < -0.39 is 10.3 Å². The lowest BCUT2D eigenvalue weighted by atomic mass is 9.96. The highest BCUT2D eigenvalue weighted by atomic mass is 79.9. The molecule has 0 rings (SSSR count). The first-order chi connectivity index (χ1) is 6.56. The SMILES string of the molecule is CCCCCCC(Br)(CCC)C(=O)O. The van der Waals surface area contributed by atoms with Crippen molar-refractivity contribution in [2.75, 3.05) is 0 Å². The molecule has 14 heavy (non-hydrogen) atoms. The van der Waals surface area contributed by atoms with Crippen LogP contribution in [0.25, 0.3) is 0 Å². The van der Waals surface area contributed by atoms with E-state index >= 15 is 0 Å². The minimum absolute atomic E-state index is 0.671. The molecule has 1 N–H and O–H groups in total. The first-order valence-corrected chi connectivity index (χ1v) is 6.28. The Bertz CT molecular complexity index is 171. The number of hydrogen-bond acceptors (Lipinski definition) is 1. The molecule has 1 atom stereocenters. The summed E-state index contributed by atoms with van der Waals surface area (Å²) in [5, 5.41) is 9.07. The zero-order valence-corrected chi connectivity index (χ0v) is 10.8. The first-order valence-electron chi connectivity index (χ1n) is 5.49. The Morgan fingerprint density at radius 2 is 1.79 bits per heavy atom. The van der Waals surface area contributed by atoms with E-state index in [4.69, 9.17) is 5.11 Å². The highest BCUT2D eigenvalue weighted by molar-refractivity contribution is 9.10. The van der Waals surface area contributed by atoms with Gasteiger partial charge in [-0.1, -0.05) is 61.9 Å². The Morgan fingerprint density at radius 3 is 2.21 bits per heavy atom. The van der Waals surface area contributed by atoms with E-state index in [1.165, 1.54) is 12.8 Å². The third-order valence-corrected chi connectivity index (χ3v) is 3.59. The van der Waals surface area contributed by atoms with Crippen LogP contribution in [-0.2, 0) is 4.79 Å². The van der Waals surface area contributed by atoms with Crippen molar-refractivity contribution in [1.29, 1.82) is 0 Å². The van der Waals surface area contributed by atoms with Gasteiger partial charge in [0.05, 0.1) is 0 Å². The molecular formula is C11H21BrO2. The average Bonchev–Trinajstić information content (AvgIpc) is 2.13. The summed E-state index contributed by atoms with van der Waals surface area (Å²) in [4.78, 5) is 11.0. The highest BCUT2D eigenvalue weighted by Crippen LogP contribution is 2.31. The fourth-order valence-corrected chi connectivity index (χ4v) is 2.24. The summed E-state index contributed by atoms with van der Waals surface area (Å²) in [6.07, 6.45) is 6.91. The molecule has 0 amide bonds. The van der Waals surface area contributed by atoms with E-state index in [9.17, 15) is 4.79 Å². The molecule has 0 spiro atoms. The van der Waals surface area contributed by atoms with Crippen LogP contribution >= 0.6 is 15.9 Å². The smallest absolute Gasteiger partial charge is 0.320 e. The summed E-state index contributed by atoms with van der Waals surface area (Å²) in [5.74, 6) is -0.712. The Kier molecular flexibility index (Phi) is 7.24. The van der Waals surface area contributed by atoms with E-state index in [-0.39, 0.29) is 0 Å². The van der Waals surface area contributed by atoms with Gasteiger partial charge in [-0.15, -0.1) is 0 Å². The molecule has 84 valence electrons. The molecule has 0 aliphatic carbocycles. The predicted molar refractivity (Wildman–Crippen MR) is 63.0 cm³/mol. The van der Waals surface area contributed by atoms with E-state index in [0.29, 0.717) is 6.42 Å². The molecule has 0 heterocycles. The molecule has 0 bridgehead atoms. The van der Waals surface area contributed by atoms with Crippen LogP contribution in [0.1, 0.15) is 58.8 Å². The normalized spacial score (nSPS) is 15.1. The average molecular weight is 265 g/mol. The molecular weight excluding hydrogens is 244 g/mol. The van der Waals surface area contributed by atoms with E-state index in [1.54, 1.807) is 0 Å². The van der Waals surface area contributed by atoms with Gasteiger partial charge in [0.25, 0.3) is 0 Å². The molecule has 1 unspecified atom stereocenters. The number of carboxylic acids is 1. The summed E-state index contributed by atoms with van der Waals surface area (Å²) < 4.78 is -0.671. The van der Waals surface area contributed by atoms with Crippen molar-refractivity contribution in [3.63, 3.8) is 0 Å². The third kappa shape index (κ3) is 4.99. The van der Waals surface area contributed by atoms with Gasteiger partial charge in [0.15, 0.2) is 0 Å². The summed E-state index contributed by atoms with van der Waals surface area (Å²) in [7, 11) is 0.